The van der Waals surface area contributed by atoms with Gasteiger partial charge in [0.15, 0.2) is 0 Å². The molecule has 1 unspecified atom stereocenters. The lowest BCUT2D eigenvalue weighted by molar-refractivity contribution is 0.230. The summed E-state index contributed by atoms with van der Waals surface area (Å²) >= 11 is 0. The van der Waals surface area contributed by atoms with E-state index in [0.29, 0.717) is 6.61 Å². The molecule has 1 heterocycles. The van der Waals surface area contributed by atoms with E-state index >= 15 is 0 Å². The number of amides is 2. The summed E-state index contributed by atoms with van der Waals surface area (Å²) < 4.78 is 5.94. The Morgan fingerprint density at radius 1 is 1.27 bits per heavy atom. The minimum absolute atomic E-state index is 0.0670. The summed E-state index contributed by atoms with van der Waals surface area (Å²) in [6.07, 6.45) is 1.71. The molecule has 5 nitrogen and oxygen atoms in total. The van der Waals surface area contributed by atoms with Crippen LogP contribution in [0.1, 0.15) is 24.4 Å². The van der Waals surface area contributed by atoms with Gasteiger partial charge in [0.05, 0.1) is 19.3 Å². The molecule has 1 atom stereocenters. The van der Waals surface area contributed by atoms with E-state index in [9.17, 15) is 4.79 Å². The summed E-state index contributed by atoms with van der Waals surface area (Å²) in [5.74, 6) is 0.864. The summed E-state index contributed by atoms with van der Waals surface area (Å²) in [4.78, 5) is 11.9. The minimum atomic E-state index is -0.264. The molecule has 0 saturated carbocycles. The molecule has 5 heteroatoms. The van der Waals surface area contributed by atoms with Gasteiger partial charge >= 0.3 is 6.03 Å². The highest BCUT2D eigenvalue weighted by molar-refractivity contribution is 5.90. The number of benzene rings is 2. The molecule has 22 heavy (non-hydrogen) atoms. The molecule has 1 aliphatic rings. The van der Waals surface area contributed by atoms with E-state index in [1.165, 1.54) is 0 Å². The fourth-order valence-corrected chi connectivity index (χ4v) is 2.84. The van der Waals surface area contributed by atoms with E-state index in [1.807, 2.05) is 24.3 Å². The highest BCUT2D eigenvalue weighted by atomic mass is 16.5. The Morgan fingerprint density at radius 2 is 2.14 bits per heavy atom. The lowest BCUT2D eigenvalue weighted by Crippen LogP contribution is -2.39. The van der Waals surface area contributed by atoms with E-state index in [4.69, 9.17) is 9.84 Å². The van der Waals surface area contributed by atoms with E-state index < -0.39 is 0 Å². The number of carbonyl (C=O) groups excluding carboxylic acids is 1. The molecular weight excluding hydrogens is 280 g/mol. The van der Waals surface area contributed by atoms with Crippen LogP contribution in [-0.2, 0) is 0 Å². The predicted octanol–water partition coefficient (Wildman–Crippen LogP) is 2.34. The highest BCUT2D eigenvalue weighted by Gasteiger charge is 2.22. The average Bonchev–Trinajstić information content (AvgIpc) is 2.75. The number of carbonyl (C=O) groups is 1. The monoisotopic (exact) mass is 300 g/mol. The molecule has 3 rings (SSSR count). The topological polar surface area (TPSA) is 70.6 Å². The molecule has 0 aromatic heterocycles. The van der Waals surface area contributed by atoms with Crippen molar-refractivity contribution in [1.29, 1.82) is 0 Å². The van der Waals surface area contributed by atoms with Crippen molar-refractivity contribution in [2.75, 3.05) is 19.8 Å². The van der Waals surface area contributed by atoms with Crippen molar-refractivity contribution in [2.24, 2.45) is 0 Å². The number of ether oxygens (including phenoxy) is 1. The van der Waals surface area contributed by atoms with Gasteiger partial charge in [-0.2, -0.15) is 0 Å². The summed E-state index contributed by atoms with van der Waals surface area (Å²) in [6.45, 7) is 0.833. The molecule has 0 fully saturated rings. The van der Waals surface area contributed by atoms with Crippen LogP contribution < -0.4 is 15.4 Å². The average molecular weight is 300 g/mol. The normalized spacial score (nSPS) is 17.2. The molecule has 0 bridgehead atoms. The van der Waals surface area contributed by atoms with Crippen molar-refractivity contribution >= 4 is 16.8 Å². The first-order valence-electron chi connectivity index (χ1n) is 7.59. The summed E-state index contributed by atoms with van der Waals surface area (Å²) in [6, 6.07) is 11.8. The van der Waals surface area contributed by atoms with Crippen molar-refractivity contribution < 1.29 is 14.6 Å². The number of fused-ring (bicyclic) bond motifs is 3. The zero-order valence-corrected chi connectivity index (χ0v) is 12.3. The maximum absolute atomic E-state index is 11.9. The Balaban J connectivity index is 1.91. The smallest absolute Gasteiger partial charge is 0.315 e. The maximum atomic E-state index is 11.9. The lowest BCUT2D eigenvalue weighted by atomic mass is 9.98. The fraction of sp³-hybridized carbons (Fsp3) is 0.353. The van der Waals surface area contributed by atoms with E-state index in [0.717, 1.165) is 34.9 Å². The third-order valence-electron chi connectivity index (χ3n) is 3.87. The third kappa shape index (κ3) is 2.99. The molecule has 0 saturated heterocycles. The van der Waals surface area contributed by atoms with Crippen LogP contribution in [0.2, 0.25) is 0 Å². The first-order chi connectivity index (χ1) is 10.8. The largest absolute Gasteiger partial charge is 0.493 e. The first-order valence-corrected chi connectivity index (χ1v) is 7.59. The SMILES string of the molecule is O=C(NCCO)NC1CCCOc2c1ccc1ccccc21. The third-order valence-corrected chi connectivity index (χ3v) is 3.87. The van der Waals surface area contributed by atoms with Gasteiger partial charge in [-0.3, -0.25) is 0 Å². The highest BCUT2D eigenvalue weighted by Crippen LogP contribution is 2.37. The number of hydrogen-bond donors (Lipinski definition) is 3. The molecular formula is C17H20N2O3. The Morgan fingerprint density at radius 3 is 3.00 bits per heavy atom. The lowest BCUT2D eigenvalue weighted by Gasteiger charge is -2.19. The quantitative estimate of drug-likeness (QED) is 0.815. The Labute approximate surface area is 129 Å². The number of nitrogens with one attached hydrogen (secondary N) is 2. The van der Waals surface area contributed by atoms with Crippen molar-refractivity contribution in [3.8, 4) is 5.75 Å². The van der Waals surface area contributed by atoms with Crippen LogP contribution in [0.5, 0.6) is 5.75 Å². The van der Waals surface area contributed by atoms with Crippen LogP contribution in [0, 0.1) is 0 Å². The van der Waals surface area contributed by atoms with Crippen molar-refractivity contribution in [3.05, 3.63) is 42.0 Å². The number of aliphatic hydroxyl groups is 1. The second-order valence-corrected chi connectivity index (χ2v) is 5.37. The summed E-state index contributed by atoms with van der Waals surface area (Å²) in [5.41, 5.74) is 1.01. The summed E-state index contributed by atoms with van der Waals surface area (Å²) in [7, 11) is 0. The number of aliphatic hydroxyl groups excluding tert-OH is 1. The van der Waals surface area contributed by atoms with Gasteiger partial charge in [0.25, 0.3) is 0 Å². The van der Waals surface area contributed by atoms with Gasteiger partial charge in [-0.1, -0.05) is 36.4 Å². The fourth-order valence-electron chi connectivity index (χ4n) is 2.84. The van der Waals surface area contributed by atoms with Gasteiger partial charge in [0.1, 0.15) is 5.75 Å². The van der Waals surface area contributed by atoms with Crippen molar-refractivity contribution in [2.45, 2.75) is 18.9 Å². The van der Waals surface area contributed by atoms with Gasteiger partial charge in [0, 0.05) is 17.5 Å². The van der Waals surface area contributed by atoms with Crippen molar-refractivity contribution in [1.82, 2.24) is 10.6 Å². The van der Waals surface area contributed by atoms with Crippen LogP contribution in [-0.4, -0.2) is 30.9 Å². The van der Waals surface area contributed by atoms with Crippen LogP contribution in [0.4, 0.5) is 4.79 Å². The van der Waals surface area contributed by atoms with Gasteiger partial charge in [-0.25, -0.2) is 4.79 Å². The van der Waals surface area contributed by atoms with E-state index in [2.05, 4.69) is 22.8 Å². The zero-order chi connectivity index (χ0) is 15.4. The number of hydrogen-bond acceptors (Lipinski definition) is 3. The standard InChI is InChI=1S/C17H20N2O3/c20-10-9-18-17(21)19-15-6-3-11-22-16-13-5-2-1-4-12(13)7-8-14(15)16/h1-2,4-5,7-8,15,20H,3,6,9-11H2,(H2,18,19,21). The molecule has 116 valence electrons. The molecule has 0 aliphatic carbocycles. The zero-order valence-electron chi connectivity index (χ0n) is 12.3. The maximum Gasteiger partial charge on any atom is 0.315 e. The molecule has 1 aliphatic heterocycles. The van der Waals surface area contributed by atoms with E-state index in [-0.39, 0.29) is 25.2 Å². The van der Waals surface area contributed by atoms with Gasteiger partial charge in [-0.15, -0.1) is 0 Å². The van der Waals surface area contributed by atoms with Crippen molar-refractivity contribution in [3.63, 3.8) is 0 Å². The minimum Gasteiger partial charge on any atom is -0.493 e. The predicted molar refractivity (Wildman–Crippen MR) is 85.0 cm³/mol. The van der Waals surface area contributed by atoms with Crippen LogP contribution in [0.15, 0.2) is 36.4 Å². The Hall–Kier alpha value is -2.27. The van der Waals surface area contributed by atoms with Crippen LogP contribution in [0.25, 0.3) is 10.8 Å². The molecule has 0 radical (unpaired) electrons. The van der Waals surface area contributed by atoms with Gasteiger partial charge in [-0.05, 0) is 18.2 Å². The first kappa shape index (κ1) is 14.7. The van der Waals surface area contributed by atoms with Crippen LogP contribution in [0.3, 0.4) is 0 Å². The molecule has 2 amide bonds. The molecule has 3 N–H and O–H groups in total. The molecule has 0 spiro atoms. The van der Waals surface area contributed by atoms with Gasteiger partial charge in [0.2, 0.25) is 0 Å². The second kappa shape index (κ2) is 6.66. The summed E-state index contributed by atoms with van der Waals surface area (Å²) in [5, 5.41) is 16.6. The van der Waals surface area contributed by atoms with Gasteiger partial charge < -0.3 is 20.5 Å². The number of rotatable bonds is 3. The Bertz CT molecular complexity index is 672. The second-order valence-electron chi connectivity index (χ2n) is 5.37. The number of urea groups is 1. The van der Waals surface area contributed by atoms with Crippen LogP contribution >= 0.6 is 0 Å². The molecule has 2 aromatic carbocycles. The van der Waals surface area contributed by atoms with E-state index in [1.54, 1.807) is 0 Å². The Kier molecular flexibility index (Phi) is 4.44. The molecule has 2 aromatic rings.